The number of rotatable bonds is 2. The van der Waals surface area contributed by atoms with E-state index in [4.69, 9.17) is 0 Å². The molecule has 0 N–H and O–H groups in total. The van der Waals surface area contributed by atoms with Gasteiger partial charge in [0.15, 0.2) is 0 Å². The zero-order valence-corrected chi connectivity index (χ0v) is 13.5. The molecule has 0 heterocycles. The lowest BCUT2D eigenvalue weighted by molar-refractivity contribution is 0.945. The van der Waals surface area contributed by atoms with Crippen molar-refractivity contribution in [3.8, 4) is 11.1 Å². The fraction of sp³-hybridized carbons (Fsp3) is 0.182. The minimum atomic E-state index is 0.472. The van der Waals surface area contributed by atoms with Crippen LogP contribution >= 0.6 is 0 Å². The van der Waals surface area contributed by atoms with Gasteiger partial charge in [0.2, 0.25) is 0 Å². The Hall–Kier alpha value is -2.34. The topological polar surface area (TPSA) is 0 Å². The molecular weight excluding hydrogens is 264 g/mol. The molecule has 2 aromatic rings. The summed E-state index contributed by atoms with van der Waals surface area (Å²) < 4.78 is 0. The zero-order valence-electron chi connectivity index (χ0n) is 13.5. The Morgan fingerprint density at radius 3 is 2.18 bits per heavy atom. The van der Waals surface area contributed by atoms with Crippen LogP contribution in [-0.4, -0.2) is 0 Å². The van der Waals surface area contributed by atoms with Gasteiger partial charge >= 0.3 is 0 Å². The van der Waals surface area contributed by atoms with E-state index in [1.54, 1.807) is 0 Å². The van der Waals surface area contributed by atoms with Crippen LogP contribution in [0.3, 0.4) is 0 Å². The van der Waals surface area contributed by atoms with Crippen LogP contribution < -0.4 is 0 Å². The van der Waals surface area contributed by atoms with Crippen LogP contribution in [0.25, 0.3) is 16.7 Å². The van der Waals surface area contributed by atoms with Gasteiger partial charge in [0.05, 0.1) is 0 Å². The molecule has 0 saturated carbocycles. The average Bonchev–Trinajstić information content (AvgIpc) is 2.72. The molecule has 0 fully saturated rings. The quantitative estimate of drug-likeness (QED) is 0.624. The Morgan fingerprint density at radius 2 is 1.50 bits per heavy atom. The third-order valence-corrected chi connectivity index (χ3v) is 4.17. The number of hydrogen-bond donors (Lipinski definition) is 0. The smallest absolute Gasteiger partial charge is 0.00696 e. The summed E-state index contributed by atoms with van der Waals surface area (Å²) in [7, 11) is 0. The number of hydrogen-bond acceptors (Lipinski definition) is 0. The summed E-state index contributed by atoms with van der Waals surface area (Å²) in [5, 5.41) is 0. The standard InChI is InChI=1S/C22H22/c1-16-9-7-8-12-20(13-16)21-14-17(2)22(18(3)15-21)19-10-5-4-6-11-19/h4-16H,1-3H3. The first-order valence-electron chi connectivity index (χ1n) is 7.89. The molecule has 0 spiro atoms. The molecule has 1 aliphatic carbocycles. The second-order valence-corrected chi connectivity index (χ2v) is 6.08. The molecule has 0 aromatic heterocycles. The van der Waals surface area contributed by atoms with E-state index < -0.39 is 0 Å². The Morgan fingerprint density at radius 1 is 0.818 bits per heavy atom. The van der Waals surface area contributed by atoms with E-state index in [9.17, 15) is 0 Å². The minimum absolute atomic E-state index is 0.472. The first kappa shape index (κ1) is 14.6. The monoisotopic (exact) mass is 286 g/mol. The van der Waals surface area contributed by atoms with Gasteiger partial charge in [-0.25, -0.2) is 0 Å². The van der Waals surface area contributed by atoms with E-state index in [2.05, 4.69) is 93.6 Å². The fourth-order valence-corrected chi connectivity index (χ4v) is 3.18. The Kier molecular flexibility index (Phi) is 4.11. The van der Waals surface area contributed by atoms with Crippen molar-refractivity contribution >= 4 is 5.57 Å². The van der Waals surface area contributed by atoms with E-state index in [0.29, 0.717) is 5.92 Å². The second kappa shape index (κ2) is 6.19. The highest BCUT2D eigenvalue weighted by atomic mass is 14.1. The van der Waals surface area contributed by atoms with Gasteiger partial charge in [-0.1, -0.05) is 79.8 Å². The average molecular weight is 286 g/mol. The molecule has 0 nitrogen and oxygen atoms in total. The Bertz CT molecular complexity index is 735. The van der Waals surface area contributed by atoms with Crippen molar-refractivity contribution in [3.05, 3.63) is 89.5 Å². The van der Waals surface area contributed by atoms with Crippen molar-refractivity contribution in [2.45, 2.75) is 20.8 Å². The van der Waals surface area contributed by atoms with E-state index in [1.807, 2.05) is 0 Å². The van der Waals surface area contributed by atoms with Crippen molar-refractivity contribution < 1.29 is 0 Å². The molecule has 0 aliphatic heterocycles. The fourth-order valence-electron chi connectivity index (χ4n) is 3.18. The third kappa shape index (κ3) is 2.96. The predicted octanol–water partition coefficient (Wildman–Crippen LogP) is 6.12. The minimum Gasteiger partial charge on any atom is -0.0779 e. The SMILES string of the molecule is Cc1cc(C2=CC(C)C=CC=C2)cc(C)c1-c1ccccc1. The molecule has 0 amide bonds. The number of aryl methyl sites for hydroxylation is 2. The van der Waals surface area contributed by atoms with Gasteiger partial charge in [0.25, 0.3) is 0 Å². The first-order chi connectivity index (χ1) is 10.6. The number of benzene rings is 2. The van der Waals surface area contributed by atoms with Gasteiger partial charge in [-0.3, -0.25) is 0 Å². The lowest BCUT2D eigenvalue weighted by Crippen LogP contribution is -1.93. The Balaban J connectivity index is 2.07. The highest BCUT2D eigenvalue weighted by Gasteiger charge is 2.10. The predicted molar refractivity (Wildman–Crippen MR) is 96.8 cm³/mol. The first-order valence-corrected chi connectivity index (χ1v) is 7.89. The van der Waals surface area contributed by atoms with Crippen LogP contribution in [0.4, 0.5) is 0 Å². The van der Waals surface area contributed by atoms with Crippen LogP contribution in [-0.2, 0) is 0 Å². The molecule has 110 valence electrons. The summed E-state index contributed by atoms with van der Waals surface area (Å²) in [5.74, 6) is 0.472. The summed E-state index contributed by atoms with van der Waals surface area (Å²) in [6.45, 7) is 6.64. The highest BCUT2D eigenvalue weighted by molar-refractivity contribution is 5.80. The van der Waals surface area contributed by atoms with Crippen LogP contribution in [0.2, 0.25) is 0 Å². The highest BCUT2D eigenvalue weighted by Crippen LogP contribution is 2.31. The molecule has 1 aliphatic rings. The lowest BCUT2D eigenvalue weighted by Gasteiger charge is -2.14. The van der Waals surface area contributed by atoms with Gasteiger partial charge in [-0.15, -0.1) is 0 Å². The van der Waals surface area contributed by atoms with E-state index in [-0.39, 0.29) is 0 Å². The maximum atomic E-state index is 2.33. The van der Waals surface area contributed by atoms with E-state index in [0.717, 1.165) is 0 Å². The third-order valence-electron chi connectivity index (χ3n) is 4.17. The summed E-state index contributed by atoms with van der Waals surface area (Å²) in [4.78, 5) is 0. The van der Waals surface area contributed by atoms with Crippen molar-refractivity contribution in [1.29, 1.82) is 0 Å². The summed E-state index contributed by atoms with van der Waals surface area (Å²) in [5.41, 5.74) is 7.93. The van der Waals surface area contributed by atoms with Crippen LogP contribution in [0, 0.1) is 19.8 Å². The van der Waals surface area contributed by atoms with Gasteiger partial charge in [0.1, 0.15) is 0 Å². The van der Waals surface area contributed by atoms with E-state index in [1.165, 1.54) is 33.4 Å². The van der Waals surface area contributed by atoms with Crippen LogP contribution in [0.5, 0.6) is 0 Å². The van der Waals surface area contributed by atoms with Crippen LogP contribution in [0.1, 0.15) is 23.6 Å². The zero-order chi connectivity index (χ0) is 15.5. The maximum Gasteiger partial charge on any atom is -0.00696 e. The molecular formula is C22H22. The molecule has 22 heavy (non-hydrogen) atoms. The maximum absolute atomic E-state index is 2.33. The van der Waals surface area contributed by atoms with Crippen molar-refractivity contribution in [3.63, 3.8) is 0 Å². The van der Waals surface area contributed by atoms with Crippen molar-refractivity contribution in [1.82, 2.24) is 0 Å². The molecule has 3 rings (SSSR count). The lowest BCUT2D eigenvalue weighted by atomic mass is 9.90. The van der Waals surface area contributed by atoms with Crippen molar-refractivity contribution in [2.24, 2.45) is 5.92 Å². The Labute approximate surface area is 133 Å². The normalized spacial score (nSPS) is 17.2. The van der Waals surface area contributed by atoms with Crippen molar-refractivity contribution in [2.75, 3.05) is 0 Å². The molecule has 0 bridgehead atoms. The summed E-state index contributed by atoms with van der Waals surface area (Å²) in [6, 6.07) is 15.3. The molecule has 1 unspecified atom stereocenters. The van der Waals surface area contributed by atoms with Gasteiger partial charge < -0.3 is 0 Å². The number of allylic oxidation sites excluding steroid dienone is 6. The molecule has 2 aromatic carbocycles. The molecule has 0 radical (unpaired) electrons. The van der Waals surface area contributed by atoms with Gasteiger partial charge in [-0.2, -0.15) is 0 Å². The second-order valence-electron chi connectivity index (χ2n) is 6.08. The summed E-state index contributed by atoms with van der Waals surface area (Å²) >= 11 is 0. The molecule has 1 atom stereocenters. The van der Waals surface area contributed by atoms with Gasteiger partial charge in [-0.05, 0) is 53.2 Å². The molecule has 0 saturated heterocycles. The van der Waals surface area contributed by atoms with Gasteiger partial charge in [0, 0.05) is 0 Å². The van der Waals surface area contributed by atoms with E-state index >= 15 is 0 Å². The largest absolute Gasteiger partial charge is 0.0779 e. The van der Waals surface area contributed by atoms with Crippen LogP contribution in [0.15, 0.2) is 72.8 Å². The molecule has 0 heteroatoms. The summed E-state index contributed by atoms with van der Waals surface area (Å²) in [6.07, 6.45) is 11.0.